The van der Waals surface area contributed by atoms with Gasteiger partial charge in [0.2, 0.25) is 5.88 Å². The summed E-state index contributed by atoms with van der Waals surface area (Å²) in [4.78, 5) is 7.66. The average Bonchev–Trinajstić information content (AvgIpc) is 2.64. The number of rotatable bonds is 5. The lowest BCUT2D eigenvalue weighted by Crippen LogP contribution is -1.97. The Kier molecular flexibility index (Phi) is 5.01. The largest absolute Gasteiger partial charge is 0.496 e. The number of nitrogens with zero attached hydrogens (tertiary/aromatic N) is 2. The molecule has 0 aliphatic heterocycles. The van der Waals surface area contributed by atoms with Gasteiger partial charge >= 0.3 is 0 Å². The molecule has 0 amide bonds. The molecule has 0 aliphatic carbocycles. The van der Waals surface area contributed by atoms with Gasteiger partial charge in [-0.05, 0) is 30.3 Å². The van der Waals surface area contributed by atoms with E-state index in [-0.39, 0.29) is 28.6 Å². The minimum Gasteiger partial charge on any atom is -0.496 e. The molecule has 3 rings (SSSR count). The number of halogens is 4. The van der Waals surface area contributed by atoms with Crippen LogP contribution in [0.4, 0.5) is 17.6 Å². The maximum absolute atomic E-state index is 13.7. The lowest BCUT2D eigenvalue weighted by Gasteiger charge is -2.13. The number of benzene rings is 1. The number of alkyl halides is 2. The van der Waals surface area contributed by atoms with Crippen LogP contribution >= 0.6 is 0 Å². The van der Waals surface area contributed by atoms with E-state index >= 15 is 0 Å². The summed E-state index contributed by atoms with van der Waals surface area (Å²) in [5, 5.41) is 0. The van der Waals surface area contributed by atoms with Crippen molar-refractivity contribution in [3.05, 3.63) is 66.1 Å². The van der Waals surface area contributed by atoms with Crippen LogP contribution in [0.15, 0.2) is 48.8 Å². The van der Waals surface area contributed by atoms with Gasteiger partial charge in [0.25, 0.3) is 6.43 Å². The smallest absolute Gasteiger partial charge is 0.280 e. The van der Waals surface area contributed by atoms with Gasteiger partial charge in [-0.1, -0.05) is 0 Å². The minimum absolute atomic E-state index is 0.0587. The second-order valence-electron chi connectivity index (χ2n) is 5.14. The predicted octanol–water partition coefficient (Wildman–Crippen LogP) is 5.16. The molecule has 0 saturated heterocycles. The summed E-state index contributed by atoms with van der Waals surface area (Å²) in [6, 6.07) is 7.49. The zero-order valence-corrected chi connectivity index (χ0v) is 13.4. The Hall–Kier alpha value is -3.16. The fourth-order valence-electron chi connectivity index (χ4n) is 2.28. The Morgan fingerprint density at radius 1 is 0.962 bits per heavy atom. The van der Waals surface area contributed by atoms with Gasteiger partial charge in [0.1, 0.15) is 17.2 Å². The van der Waals surface area contributed by atoms with Crippen molar-refractivity contribution in [3.63, 3.8) is 0 Å². The first-order valence-corrected chi connectivity index (χ1v) is 7.40. The van der Waals surface area contributed by atoms with E-state index in [4.69, 9.17) is 9.47 Å². The first kappa shape index (κ1) is 17.7. The van der Waals surface area contributed by atoms with E-state index in [9.17, 15) is 17.6 Å². The van der Waals surface area contributed by atoms with Crippen molar-refractivity contribution < 1.29 is 27.0 Å². The molecule has 0 bridgehead atoms. The van der Waals surface area contributed by atoms with Gasteiger partial charge in [-0.15, -0.1) is 0 Å². The number of pyridine rings is 2. The third-order valence-electron chi connectivity index (χ3n) is 3.50. The Balaban J connectivity index is 2.00. The van der Waals surface area contributed by atoms with Gasteiger partial charge in [-0.2, -0.15) is 0 Å². The lowest BCUT2D eigenvalue weighted by molar-refractivity contribution is 0.146. The molecule has 2 heterocycles. The van der Waals surface area contributed by atoms with Gasteiger partial charge in [-0.3, -0.25) is 4.98 Å². The minimum atomic E-state index is -2.69. The monoisotopic (exact) mass is 364 g/mol. The molecule has 1 aromatic carbocycles. The summed E-state index contributed by atoms with van der Waals surface area (Å²) in [7, 11) is 1.32. The second kappa shape index (κ2) is 7.38. The molecule has 0 saturated carbocycles. The SMILES string of the molecule is COc1cc(F)c(F)cc1-c1cccnc1Oc1ccc(C(F)F)nc1. The van der Waals surface area contributed by atoms with E-state index in [0.717, 1.165) is 24.4 Å². The van der Waals surface area contributed by atoms with Crippen LogP contribution in [0.3, 0.4) is 0 Å². The van der Waals surface area contributed by atoms with Crippen LogP contribution in [0.5, 0.6) is 17.4 Å². The molecular formula is C18H12F4N2O2. The van der Waals surface area contributed by atoms with E-state index in [0.29, 0.717) is 5.56 Å². The van der Waals surface area contributed by atoms with E-state index in [1.807, 2.05) is 0 Å². The number of hydrogen-bond donors (Lipinski definition) is 0. The third-order valence-corrected chi connectivity index (χ3v) is 3.50. The molecule has 4 nitrogen and oxygen atoms in total. The summed E-state index contributed by atoms with van der Waals surface area (Å²) in [6.07, 6.45) is -0.130. The highest BCUT2D eigenvalue weighted by atomic mass is 19.3. The van der Waals surface area contributed by atoms with E-state index in [1.165, 1.54) is 19.4 Å². The van der Waals surface area contributed by atoms with E-state index in [1.54, 1.807) is 12.1 Å². The number of methoxy groups -OCH3 is 1. The fraction of sp³-hybridized carbons (Fsp3) is 0.111. The normalized spacial score (nSPS) is 10.8. The molecule has 0 N–H and O–H groups in total. The first-order chi connectivity index (χ1) is 12.5. The van der Waals surface area contributed by atoms with Crippen molar-refractivity contribution in [2.75, 3.05) is 7.11 Å². The highest BCUT2D eigenvalue weighted by Crippen LogP contribution is 2.38. The second-order valence-corrected chi connectivity index (χ2v) is 5.14. The summed E-state index contributed by atoms with van der Waals surface area (Å²) >= 11 is 0. The number of hydrogen-bond acceptors (Lipinski definition) is 4. The quantitative estimate of drug-likeness (QED) is 0.587. The molecule has 0 atom stereocenters. The summed E-state index contributed by atoms with van der Waals surface area (Å²) in [5.41, 5.74) is 0.175. The van der Waals surface area contributed by atoms with Crippen LogP contribution in [0.25, 0.3) is 11.1 Å². The Morgan fingerprint density at radius 2 is 1.73 bits per heavy atom. The molecule has 0 fully saturated rings. The Bertz CT molecular complexity index is 918. The molecule has 134 valence electrons. The summed E-state index contributed by atoms with van der Waals surface area (Å²) < 4.78 is 62.9. The molecular weight excluding hydrogens is 352 g/mol. The van der Waals surface area contributed by atoms with Gasteiger partial charge in [0.15, 0.2) is 11.6 Å². The standard InChI is InChI=1S/C18H12F4N2O2/c1-25-16-8-14(20)13(19)7-12(16)11-3-2-6-23-18(11)26-10-4-5-15(17(21)22)24-9-10/h2-9,17H,1H3. The van der Waals surface area contributed by atoms with Crippen LogP contribution in [0.2, 0.25) is 0 Å². The number of ether oxygens (including phenoxy) is 2. The van der Waals surface area contributed by atoms with Crippen molar-refractivity contribution in [2.24, 2.45) is 0 Å². The molecule has 0 radical (unpaired) electrons. The van der Waals surface area contributed by atoms with Crippen LogP contribution in [0.1, 0.15) is 12.1 Å². The van der Waals surface area contributed by atoms with Crippen LogP contribution in [-0.2, 0) is 0 Å². The predicted molar refractivity (Wildman–Crippen MR) is 85.4 cm³/mol. The van der Waals surface area contributed by atoms with Gasteiger partial charge in [0, 0.05) is 23.4 Å². The third kappa shape index (κ3) is 3.58. The van der Waals surface area contributed by atoms with Crippen molar-refractivity contribution in [2.45, 2.75) is 6.43 Å². The van der Waals surface area contributed by atoms with Crippen molar-refractivity contribution in [1.82, 2.24) is 9.97 Å². The first-order valence-electron chi connectivity index (χ1n) is 7.40. The van der Waals surface area contributed by atoms with Crippen molar-refractivity contribution >= 4 is 0 Å². The average molecular weight is 364 g/mol. The zero-order chi connectivity index (χ0) is 18.7. The summed E-state index contributed by atoms with van der Waals surface area (Å²) in [6.45, 7) is 0. The van der Waals surface area contributed by atoms with E-state index < -0.39 is 18.1 Å². The van der Waals surface area contributed by atoms with Crippen molar-refractivity contribution in [1.29, 1.82) is 0 Å². The zero-order valence-electron chi connectivity index (χ0n) is 13.4. The maximum Gasteiger partial charge on any atom is 0.280 e. The van der Waals surface area contributed by atoms with Crippen LogP contribution < -0.4 is 9.47 Å². The van der Waals surface area contributed by atoms with Gasteiger partial charge in [-0.25, -0.2) is 22.5 Å². The highest BCUT2D eigenvalue weighted by Gasteiger charge is 2.17. The maximum atomic E-state index is 13.7. The summed E-state index contributed by atoms with van der Waals surface area (Å²) in [5.74, 6) is -1.80. The number of aromatic nitrogens is 2. The van der Waals surface area contributed by atoms with Crippen LogP contribution in [0, 0.1) is 11.6 Å². The molecule has 2 aromatic heterocycles. The molecule has 0 unspecified atom stereocenters. The fourth-order valence-corrected chi connectivity index (χ4v) is 2.28. The molecule has 3 aromatic rings. The molecule has 0 aliphatic rings. The van der Waals surface area contributed by atoms with E-state index in [2.05, 4.69) is 9.97 Å². The van der Waals surface area contributed by atoms with Crippen molar-refractivity contribution in [3.8, 4) is 28.5 Å². The topological polar surface area (TPSA) is 44.2 Å². The van der Waals surface area contributed by atoms with Crippen LogP contribution in [-0.4, -0.2) is 17.1 Å². The van der Waals surface area contributed by atoms with Gasteiger partial charge in [0.05, 0.1) is 13.3 Å². The molecule has 0 spiro atoms. The lowest BCUT2D eigenvalue weighted by atomic mass is 10.1. The Labute approximate surface area is 146 Å². The van der Waals surface area contributed by atoms with Gasteiger partial charge < -0.3 is 9.47 Å². The molecule has 26 heavy (non-hydrogen) atoms. The Morgan fingerprint density at radius 3 is 2.38 bits per heavy atom. The highest BCUT2D eigenvalue weighted by molar-refractivity contribution is 5.74. The molecule has 8 heteroatoms.